The Kier molecular flexibility index (Phi) is 6.59. The van der Waals surface area contributed by atoms with Gasteiger partial charge in [-0.3, -0.25) is 14.4 Å². The highest BCUT2D eigenvalue weighted by Gasteiger charge is 2.24. The summed E-state index contributed by atoms with van der Waals surface area (Å²) in [5.41, 5.74) is -0.881. The van der Waals surface area contributed by atoms with Crippen LogP contribution in [0.4, 0.5) is 4.39 Å². The van der Waals surface area contributed by atoms with Gasteiger partial charge in [-0.05, 0) is 37.1 Å². The Bertz CT molecular complexity index is 1070. The van der Waals surface area contributed by atoms with E-state index in [2.05, 4.69) is 5.32 Å². The smallest absolute Gasteiger partial charge is 0.268 e. The maximum Gasteiger partial charge on any atom is 0.268 e. The van der Waals surface area contributed by atoms with E-state index in [0.29, 0.717) is 0 Å². The topological polar surface area (TPSA) is 110 Å². The van der Waals surface area contributed by atoms with Crippen LogP contribution in [0.15, 0.2) is 35.3 Å². The van der Waals surface area contributed by atoms with Crippen molar-refractivity contribution in [1.29, 1.82) is 5.26 Å². The molecule has 3 rings (SSSR count). The minimum Gasteiger partial charge on any atom is -0.483 e. The van der Waals surface area contributed by atoms with E-state index in [0.717, 1.165) is 31.0 Å². The van der Waals surface area contributed by atoms with Crippen molar-refractivity contribution in [2.45, 2.75) is 25.4 Å². The number of ketones is 1. The Labute approximate surface area is 171 Å². The second kappa shape index (κ2) is 9.33. The molecule has 1 amide bonds. The zero-order valence-electron chi connectivity index (χ0n) is 16.3. The molecule has 1 aliphatic rings. The minimum atomic E-state index is -0.665. The molecule has 1 aromatic heterocycles. The van der Waals surface area contributed by atoms with Gasteiger partial charge in [-0.1, -0.05) is 0 Å². The number of aromatic nitrogens is 1. The lowest BCUT2D eigenvalue weighted by Crippen LogP contribution is -2.30. The number of pyridine rings is 1. The molecule has 9 heteroatoms. The van der Waals surface area contributed by atoms with Gasteiger partial charge in [-0.2, -0.15) is 5.26 Å². The highest BCUT2D eigenvalue weighted by molar-refractivity contribution is 6.10. The highest BCUT2D eigenvalue weighted by atomic mass is 19.1. The van der Waals surface area contributed by atoms with Gasteiger partial charge >= 0.3 is 0 Å². The molecule has 0 spiro atoms. The van der Waals surface area contributed by atoms with E-state index in [1.807, 2.05) is 0 Å². The minimum absolute atomic E-state index is 0.0140. The molecule has 0 radical (unpaired) electrons. The SMILES string of the molecule is COCCn1cc(C(=O)c2cc(F)ccc2OCC(=O)NC2CC2)cc(C#N)c1=O. The van der Waals surface area contributed by atoms with Crippen molar-refractivity contribution < 1.29 is 23.5 Å². The van der Waals surface area contributed by atoms with Crippen LogP contribution in [-0.2, 0) is 16.1 Å². The van der Waals surface area contributed by atoms with Gasteiger partial charge in [0.05, 0.1) is 12.2 Å². The summed E-state index contributed by atoms with van der Waals surface area (Å²) in [6.07, 6.45) is 3.14. The molecule has 0 unspecified atom stereocenters. The fraction of sp³-hybridized carbons (Fsp3) is 0.333. The van der Waals surface area contributed by atoms with Crippen molar-refractivity contribution in [1.82, 2.24) is 9.88 Å². The summed E-state index contributed by atoms with van der Waals surface area (Å²) in [6.45, 7) is 0.0189. The summed E-state index contributed by atoms with van der Waals surface area (Å²) in [5, 5.41) is 12.0. The zero-order chi connectivity index (χ0) is 21.7. The van der Waals surface area contributed by atoms with Gasteiger partial charge in [0.15, 0.2) is 12.4 Å². The molecule has 8 nitrogen and oxygen atoms in total. The summed E-state index contributed by atoms with van der Waals surface area (Å²) in [6, 6.07) is 6.45. The van der Waals surface area contributed by atoms with Gasteiger partial charge in [-0.15, -0.1) is 0 Å². The second-order valence-corrected chi connectivity index (χ2v) is 6.85. The lowest BCUT2D eigenvalue weighted by Gasteiger charge is -2.13. The van der Waals surface area contributed by atoms with Gasteiger partial charge in [-0.25, -0.2) is 4.39 Å². The first kappa shape index (κ1) is 21.2. The molecular formula is C21H20FN3O5. The fourth-order valence-corrected chi connectivity index (χ4v) is 2.80. The Morgan fingerprint density at radius 1 is 1.33 bits per heavy atom. The number of carbonyl (C=O) groups is 2. The first-order valence-corrected chi connectivity index (χ1v) is 9.33. The number of nitriles is 1. The molecule has 156 valence electrons. The number of methoxy groups -OCH3 is 1. The Morgan fingerprint density at radius 2 is 2.10 bits per heavy atom. The van der Waals surface area contributed by atoms with E-state index < -0.39 is 17.2 Å². The second-order valence-electron chi connectivity index (χ2n) is 6.85. The van der Waals surface area contributed by atoms with Gasteiger partial charge in [0, 0.05) is 31.5 Å². The molecule has 1 aliphatic carbocycles. The molecule has 0 saturated heterocycles. The third kappa shape index (κ3) is 5.10. The van der Waals surface area contributed by atoms with Gasteiger partial charge in [0.2, 0.25) is 0 Å². The predicted molar refractivity (Wildman–Crippen MR) is 104 cm³/mol. The predicted octanol–water partition coefficient (Wildman–Crippen LogP) is 1.39. The molecule has 0 atom stereocenters. The number of benzene rings is 1. The van der Waals surface area contributed by atoms with Crippen molar-refractivity contribution in [2.24, 2.45) is 0 Å². The average Bonchev–Trinajstić information content (AvgIpc) is 3.55. The number of halogens is 1. The number of nitrogens with zero attached hydrogens (tertiary/aromatic N) is 2. The molecule has 1 fully saturated rings. The number of hydrogen-bond acceptors (Lipinski definition) is 6. The largest absolute Gasteiger partial charge is 0.483 e. The molecule has 1 heterocycles. The van der Waals surface area contributed by atoms with Crippen molar-refractivity contribution in [3.63, 3.8) is 0 Å². The standard InChI is InChI=1S/C21H20FN3O5/c1-29-7-6-25-11-14(8-13(10-23)21(25)28)20(27)17-9-15(22)2-5-18(17)30-12-19(26)24-16-3-4-16/h2,5,8-9,11,16H,3-4,6-7,12H2,1H3,(H,24,26). The van der Waals surface area contributed by atoms with Gasteiger partial charge < -0.3 is 19.4 Å². The van der Waals surface area contributed by atoms with Crippen LogP contribution in [0, 0.1) is 17.1 Å². The van der Waals surface area contributed by atoms with Crippen LogP contribution in [0.3, 0.4) is 0 Å². The van der Waals surface area contributed by atoms with E-state index in [4.69, 9.17) is 9.47 Å². The molecule has 1 saturated carbocycles. The van der Waals surface area contributed by atoms with Crippen molar-refractivity contribution >= 4 is 11.7 Å². The molecule has 30 heavy (non-hydrogen) atoms. The van der Waals surface area contributed by atoms with Crippen molar-refractivity contribution in [2.75, 3.05) is 20.3 Å². The third-order valence-corrected chi connectivity index (χ3v) is 4.49. The maximum atomic E-state index is 13.8. The van der Waals surface area contributed by atoms with Crippen LogP contribution in [0.1, 0.15) is 34.3 Å². The molecular weight excluding hydrogens is 393 g/mol. The van der Waals surface area contributed by atoms with E-state index >= 15 is 0 Å². The number of carbonyl (C=O) groups excluding carboxylic acids is 2. The van der Waals surface area contributed by atoms with Gasteiger partial charge in [0.25, 0.3) is 11.5 Å². The molecule has 1 N–H and O–H groups in total. The Balaban J connectivity index is 1.90. The average molecular weight is 413 g/mol. The first-order chi connectivity index (χ1) is 14.4. The number of ether oxygens (including phenoxy) is 2. The van der Waals surface area contributed by atoms with E-state index in [9.17, 15) is 24.0 Å². The molecule has 0 bridgehead atoms. The Hall–Kier alpha value is -3.51. The summed E-state index contributed by atoms with van der Waals surface area (Å²) < 4.78 is 25.4. The third-order valence-electron chi connectivity index (χ3n) is 4.49. The number of nitrogens with one attached hydrogen (secondary N) is 1. The van der Waals surface area contributed by atoms with Crippen LogP contribution in [0.5, 0.6) is 5.75 Å². The van der Waals surface area contributed by atoms with Crippen LogP contribution in [0.2, 0.25) is 0 Å². The lowest BCUT2D eigenvalue weighted by molar-refractivity contribution is -0.123. The van der Waals surface area contributed by atoms with Crippen molar-refractivity contribution in [3.05, 3.63) is 63.3 Å². The fourth-order valence-electron chi connectivity index (χ4n) is 2.80. The quantitative estimate of drug-likeness (QED) is 0.622. The van der Waals surface area contributed by atoms with Crippen LogP contribution < -0.4 is 15.6 Å². The lowest BCUT2D eigenvalue weighted by atomic mass is 10.0. The zero-order valence-corrected chi connectivity index (χ0v) is 16.3. The summed E-state index contributed by atoms with van der Waals surface area (Å²) in [7, 11) is 1.46. The van der Waals surface area contributed by atoms with E-state index in [-0.39, 0.29) is 54.1 Å². The molecule has 0 aliphatic heterocycles. The normalized spacial score (nSPS) is 12.8. The number of hydrogen-bond donors (Lipinski definition) is 1. The number of rotatable bonds is 9. The first-order valence-electron chi connectivity index (χ1n) is 9.33. The summed E-state index contributed by atoms with van der Waals surface area (Å²) in [4.78, 5) is 37.2. The Morgan fingerprint density at radius 3 is 2.77 bits per heavy atom. The number of amides is 1. The molecule has 2 aromatic rings. The van der Waals surface area contributed by atoms with Gasteiger partial charge in [0.1, 0.15) is 23.2 Å². The molecule has 1 aromatic carbocycles. The van der Waals surface area contributed by atoms with E-state index in [1.165, 1.54) is 23.9 Å². The summed E-state index contributed by atoms with van der Waals surface area (Å²) >= 11 is 0. The monoisotopic (exact) mass is 413 g/mol. The van der Waals surface area contributed by atoms with E-state index in [1.54, 1.807) is 6.07 Å². The summed E-state index contributed by atoms with van der Waals surface area (Å²) in [5.74, 6) is -1.61. The highest BCUT2D eigenvalue weighted by Crippen LogP contribution is 2.24. The van der Waals surface area contributed by atoms with Crippen LogP contribution in [0.25, 0.3) is 0 Å². The van der Waals surface area contributed by atoms with Crippen LogP contribution in [-0.4, -0.2) is 42.6 Å². The van der Waals surface area contributed by atoms with Crippen molar-refractivity contribution in [3.8, 4) is 11.8 Å². The van der Waals surface area contributed by atoms with Crippen LogP contribution >= 0.6 is 0 Å². The maximum absolute atomic E-state index is 13.8.